The summed E-state index contributed by atoms with van der Waals surface area (Å²) in [6.07, 6.45) is 2.36. The normalized spacial score (nSPS) is 16.7. The van der Waals surface area contributed by atoms with Crippen LogP contribution in [0.3, 0.4) is 0 Å². The lowest BCUT2D eigenvalue weighted by Crippen LogP contribution is -2.34. The average Bonchev–Trinajstić information content (AvgIpc) is 2.53. The SMILES string of the molecule is CC(C)c1c(Cl)ncnc1N1CCCNC(=O)C1. The third-order valence-electron chi connectivity index (χ3n) is 2.95. The molecular weight excluding hydrogens is 252 g/mol. The molecule has 0 aromatic carbocycles. The Morgan fingerprint density at radius 1 is 1.44 bits per heavy atom. The van der Waals surface area contributed by atoms with Gasteiger partial charge >= 0.3 is 0 Å². The molecule has 0 radical (unpaired) electrons. The molecule has 0 bridgehead atoms. The Morgan fingerprint density at radius 3 is 2.94 bits per heavy atom. The Balaban J connectivity index is 2.37. The fraction of sp³-hybridized carbons (Fsp3) is 0.583. The first-order chi connectivity index (χ1) is 8.59. The van der Waals surface area contributed by atoms with Crippen LogP contribution in [0, 0.1) is 0 Å². The number of nitrogens with zero attached hydrogens (tertiary/aromatic N) is 3. The van der Waals surface area contributed by atoms with Crippen molar-refractivity contribution in [1.29, 1.82) is 0 Å². The number of halogens is 1. The fourth-order valence-electron chi connectivity index (χ4n) is 2.10. The van der Waals surface area contributed by atoms with Gasteiger partial charge < -0.3 is 10.2 Å². The third-order valence-corrected chi connectivity index (χ3v) is 3.25. The fourth-order valence-corrected chi connectivity index (χ4v) is 2.45. The summed E-state index contributed by atoms with van der Waals surface area (Å²) >= 11 is 6.14. The number of rotatable bonds is 2. The van der Waals surface area contributed by atoms with E-state index in [1.54, 1.807) is 0 Å². The molecule has 1 aromatic rings. The zero-order valence-corrected chi connectivity index (χ0v) is 11.4. The molecular formula is C12H17ClN4O. The van der Waals surface area contributed by atoms with Crippen molar-refractivity contribution in [3.05, 3.63) is 17.0 Å². The second-order valence-corrected chi connectivity index (χ2v) is 5.04. The average molecular weight is 269 g/mol. The Bertz CT molecular complexity index is 450. The molecule has 0 aliphatic carbocycles. The first kappa shape index (κ1) is 13.1. The molecule has 1 aliphatic heterocycles. The molecule has 98 valence electrons. The zero-order valence-electron chi connectivity index (χ0n) is 10.6. The number of anilines is 1. The maximum Gasteiger partial charge on any atom is 0.239 e. The van der Waals surface area contributed by atoms with Gasteiger partial charge in [0.05, 0.1) is 6.54 Å². The minimum absolute atomic E-state index is 0.0249. The van der Waals surface area contributed by atoms with Crippen LogP contribution in [0.5, 0.6) is 0 Å². The highest BCUT2D eigenvalue weighted by Crippen LogP contribution is 2.30. The lowest BCUT2D eigenvalue weighted by molar-refractivity contribution is -0.119. The first-order valence-electron chi connectivity index (χ1n) is 6.11. The van der Waals surface area contributed by atoms with Crippen LogP contribution >= 0.6 is 11.6 Å². The molecule has 1 amide bonds. The quantitative estimate of drug-likeness (QED) is 0.828. The summed E-state index contributed by atoms with van der Waals surface area (Å²) in [6, 6.07) is 0. The highest BCUT2D eigenvalue weighted by atomic mass is 35.5. The van der Waals surface area contributed by atoms with Gasteiger partial charge in [-0.2, -0.15) is 0 Å². The molecule has 1 aliphatic rings. The van der Waals surface area contributed by atoms with Gasteiger partial charge in [-0.15, -0.1) is 0 Å². The van der Waals surface area contributed by atoms with Crippen LogP contribution in [0.1, 0.15) is 31.7 Å². The van der Waals surface area contributed by atoms with Gasteiger partial charge in [-0.05, 0) is 12.3 Å². The minimum atomic E-state index is 0.0249. The summed E-state index contributed by atoms with van der Waals surface area (Å²) in [6.45, 7) is 5.93. The van der Waals surface area contributed by atoms with Gasteiger partial charge in [0.1, 0.15) is 17.3 Å². The van der Waals surface area contributed by atoms with E-state index in [9.17, 15) is 4.79 Å². The van der Waals surface area contributed by atoms with Crippen molar-refractivity contribution >= 4 is 23.3 Å². The van der Waals surface area contributed by atoms with Crippen LogP contribution in [0.4, 0.5) is 5.82 Å². The number of aromatic nitrogens is 2. The lowest BCUT2D eigenvalue weighted by atomic mass is 10.1. The van der Waals surface area contributed by atoms with Crippen molar-refractivity contribution in [2.24, 2.45) is 0 Å². The molecule has 0 saturated carbocycles. The summed E-state index contributed by atoms with van der Waals surface area (Å²) in [5.41, 5.74) is 0.911. The highest BCUT2D eigenvalue weighted by Gasteiger charge is 2.22. The van der Waals surface area contributed by atoms with Gasteiger partial charge in [0.25, 0.3) is 0 Å². The molecule has 0 unspecified atom stereocenters. The monoisotopic (exact) mass is 268 g/mol. The smallest absolute Gasteiger partial charge is 0.239 e. The number of carbonyl (C=O) groups is 1. The molecule has 1 saturated heterocycles. The van der Waals surface area contributed by atoms with Crippen molar-refractivity contribution in [2.45, 2.75) is 26.2 Å². The molecule has 0 spiro atoms. The van der Waals surface area contributed by atoms with Gasteiger partial charge in [-0.3, -0.25) is 4.79 Å². The molecule has 1 aromatic heterocycles. The molecule has 6 heteroatoms. The molecule has 1 fully saturated rings. The summed E-state index contributed by atoms with van der Waals surface area (Å²) < 4.78 is 0. The number of amides is 1. The summed E-state index contributed by atoms with van der Waals surface area (Å²) in [5, 5.41) is 3.32. The maximum atomic E-state index is 11.6. The van der Waals surface area contributed by atoms with Crippen molar-refractivity contribution in [3.63, 3.8) is 0 Å². The number of hydrogen-bond acceptors (Lipinski definition) is 4. The van der Waals surface area contributed by atoms with Gasteiger partial charge in [0.2, 0.25) is 5.91 Å². The minimum Gasteiger partial charge on any atom is -0.354 e. The number of hydrogen-bond donors (Lipinski definition) is 1. The topological polar surface area (TPSA) is 58.1 Å². The Kier molecular flexibility index (Phi) is 4.01. The van der Waals surface area contributed by atoms with Gasteiger partial charge in [0.15, 0.2) is 0 Å². The van der Waals surface area contributed by atoms with Crippen LogP contribution in [-0.2, 0) is 4.79 Å². The lowest BCUT2D eigenvalue weighted by Gasteiger charge is -2.24. The van der Waals surface area contributed by atoms with E-state index in [-0.39, 0.29) is 11.8 Å². The van der Waals surface area contributed by atoms with E-state index in [0.717, 1.165) is 24.3 Å². The Morgan fingerprint density at radius 2 is 2.22 bits per heavy atom. The first-order valence-corrected chi connectivity index (χ1v) is 6.49. The summed E-state index contributed by atoms with van der Waals surface area (Å²) in [5.74, 6) is 1.03. The van der Waals surface area contributed by atoms with Crippen molar-refractivity contribution in [3.8, 4) is 0 Å². The molecule has 1 N–H and O–H groups in total. The van der Waals surface area contributed by atoms with E-state index in [1.807, 2.05) is 18.7 Å². The Labute approximate surface area is 112 Å². The van der Waals surface area contributed by atoms with Crippen LogP contribution in [0.15, 0.2) is 6.33 Å². The number of nitrogens with one attached hydrogen (secondary N) is 1. The van der Waals surface area contributed by atoms with Crippen molar-refractivity contribution in [1.82, 2.24) is 15.3 Å². The van der Waals surface area contributed by atoms with E-state index < -0.39 is 0 Å². The highest BCUT2D eigenvalue weighted by molar-refractivity contribution is 6.30. The molecule has 2 heterocycles. The summed E-state index contributed by atoms with van der Waals surface area (Å²) in [4.78, 5) is 21.9. The van der Waals surface area contributed by atoms with Crippen LogP contribution in [-0.4, -0.2) is 35.5 Å². The van der Waals surface area contributed by atoms with Gasteiger partial charge in [0, 0.05) is 18.7 Å². The second kappa shape index (κ2) is 5.52. The standard InChI is InChI=1S/C12H17ClN4O/c1-8(2)10-11(13)15-7-16-12(10)17-5-3-4-14-9(18)6-17/h7-8H,3-6H2,1-2H3,(H,14,18). The molecule has 2 rings (SSSR count). The predicted octanol–water partition coefficient (Wildman–Crippen LogP) is 1.58. The second-order valence-electron chi connectivity index (χ2n) is 4.68. The van der Waals surface area contributed by atoms with Crippen LogP contribution in [0.25, 0.3) is 0 Å². The van der Waals surface area contributed by atoms with E-state index >= 15 is 0 Å². The third kappa shape index (κ3) is 2.72. The molecule has 18 heavy (non-hydrogen) atoms. The Hall–Kier alpha value is -1.36. The van der Waals surface area contributed by atoms with Gasteiger partial charge in [-0.25, -0.2) is 9.97 Å². The molecule has 0 atom stereocenters. The van der Waals surface area contributed by atoms with E-state index in [1.165, 1.54) is 6.33 Å². The van der Waals surface area contributed by atoms with Gasteiger partial charge in [-0.1, -0.05) is 25.4 Å². The van der Waals surface area contributed by atoms with E-state index in [4.69, 9.17) is 11.6 Å². The van der Waals surface area contributed by atoms with Crippen molar-refractivity contribution < 1.29 is 4.79 Å². The van der Waals surface area contributed by atoms with Crippen molar-refractivity contribution in [2.75, 3.05) is 24.5 Å². The predicted molar refractivity (Wildman–Crippen MR) is 71.0 cm³/mol. The summed E-state index contributed by atoms with van der Waals surface area (Å²) in [7, 11) is 0. The van der Waals surface area contributed by atoms with Crippen LogP contribution in [0.2, 0.25) is 5.15 Å². The largest absolute Gasteiger partial charge is 0.354 e. The van der Waals surface area contributed by atoms with E-state index in [0.29, 0.717) is 18.2 Å². The maximum absolute atomic E-state index is 11.6. The van der Waals surface area contributed by atoms with Crippen LogP contribution < -0.4 is 10.2 Å². The number of carbonyl (C=O) groups excluding carboxylic acids is 1. The van der Waals surface area contributed by atoms with E-state index in [2.05, 4.69) is 15.3 Å². The molecule has 5 nitrogen and oxygen atoms in total. The zero-order chi connectivity index (χ0) is 13.1.